The van der Waals surface area contributed by atoms with Gasteiger partial charge in [-0.1, -0.05) is 12.1 Å². The Hall–Kier alpha value is -1.51. The summed E-state index contributed by atoms with van der Waals surface area (Å²) in [5, 5.41) is 8.76. The zero-order valence-electron chi connectivity index (χ0n) is 10.4. The Balaban J connectivity index is 2.26. The van der Waals surface area contributed by atoms with Gasteiger partial charge < -0.3 is 10.0 Å². The molecule has 0 saturated heterocycles. The predicted molar refractivity (Wildman–Crippen MR) is 68.6 cm³/mol. The number of hydrogen-bond acceptors (Lipinski definition) is 2. The summed E-state index contributed by atoms with van der Waals surface area (Å²) in [5.74, 6) is -0.721. The number of rotatable bonds is 4. The summed E-state index contributed by atoms with van der Waals surface area (Å²) in [6.07, 6.45) is 1.90. The van der Waals surface area contributed by atoms with E-state index in [1.165, 1.54) is 16.8 Å². The van der Waals surface area contributed by atoms with Gasteiger partial charge in [0.05, 0.1) is 0 Å². The second kappa shape index (κ2) is 4.78. The van der Waals surface area contributed by atoms with E-state index in [0.717, 1.165) is 13.0 Å². The summed E-state index contributed by atoms with van der Waals surface area (Å²) in [7, 11) is 0. The van der Waals surface area contributed by atoms with Crippen molar-refractivity contribution >= 4 is 11.7 Å². The summed E-state index contributed by atoms with van der Waals surface area (Å²) in [6.45, 7) is 5.40. The summed E-state index contributed by atoms with van der Waals surface area (Å²) in [6, 6.07) is 6.78. The first-order valence-corrected chi connectivity index (χ1v) is 6.22. The molecule has 2 rings (SSSR count). The van der Waals surface area contributed by atoms with Gasteiger partial charge in [0, 0.05) is 24.7 Å². The van der Waals surface area contributed by atoms with Gasteiger partial charge in [0.1, 0.15) is 0 Å². The summed E-state index contributed by atoms with van der Waals surface area (Å²) >= 11 is 0. The lowest BCUT2D eigenvalue weighted by Gasteiger charge is -2.22. The fourth-order valence-corrected chi connectivity index (χ4v) is 2.73. The van der Waals surface area contributed by atoms with Gasteiger partial charge >= 0.3 is 5.97 Å². The minimum atomic E-state index is -0.721. The molecule has 0 radical (unpaired) electrons. The highest BCUT2D eigenvalue weighted by Crippen LogP contribution is 2.34. The highest BCUT2D eigenvalue weighted by atomic mass is 16.4. The van der Waals surface area contributed by atoms with Crippen LogP contribution in [-0.4, -0.2) is 23.7 Å². The van der Waals surface area contributed by atoms with E-state index in [2.05, 4.69) is 30.9 Å². The molecule has 0 saturated carbocycles. The summed E-state index contributed by atoms with van der Waals surface area (Å²) in [4.78, 5) is 13.0. The normalized spacial score (nSPS) is 18.2. The fraction of sp³-hybridized carbons (Fsp3) is 0.500. The van der Waals surface area contributed by atoms with Crippen molar-refractivity contribution in [3.8, 4) is 0 Å². The number of aliphatic carboxylic acids is 1. The molecule has 1 atom stereocenters. The smallest absolute Gasteiger partial charge is 0.303 e. The monoisotopic (exact) mass is 233 g/mol. The van der Waals surface area contributed by atoms with Crippen molar-refractivity contribution in [3.63, 3.8) is 0 Å². The zero-order valence-corrected chi connectivity index (χ0v) is 10.4. The summed E-state index contributed by atoms with van der Waals surface area (Å²) < 4.78 is 0. The lowest BCUT2D eigenvalue weighted by Crippen LogP contribution is -2.28. The van der Waals surface area contributed by atoms with Crippen LogP contribution in [0.1, 0.15) is 31.4 Å². The van der Waals surface area contributed by atoms with Crippen LogP contribution in [0.2, 0.25) is 0 Å². The number of fused-ring (bicyclic) bond motifs is 1. The van der Waals surface area contributed by atoms with Crippen molar-refractivity contribution in [2.75, 3.05) is 11.4 Å². The molecule has 0 aromatic heterocycles. The van der Waals surface area contributed by atoms with Gasteiger partial charge in [-0.05, 0) is 43.9 Å². The average Bonchev–Trinajstić information content (AvgIpc) is 2.62. The number of nitrogens with zero attached hydrogens (tertiary/aromatic N) is 1. The molecule has 0 fully saturated rings. The number of hydrogen-bond donors (Lipinski definition) is 1. The van der Waals surface area contributed by atoms with Gasteiger partial charge in [0.25, 0.3) is 0 Å². The van der Waals surface area contributed by atoms with Crippen molar-refractivity contribution in [3.05, 3.63) is 29.3 Å². The Morgan fingerprint density at radius 1 is 1.53 bits per heavy atom. The van der Waals surface area contributed by atoms with Crippen molar-refractivity contribution in [1.29, 1.82) is 0 Å². The Morgan fingerprint density at radius 3 is 2.94 bits per heavy atom. The molecule has 3 heteroatoms. The number of aryl methyl sites for hydroxylation is 1. The second-order valence-corrected chi connectivity index (χ2v) is 4.65. The minimum Gasteiger partial charge on any atom is -0.481 e. The Labute approximate surface area is 102 Å². The van der Waals surface area contributed by atoms with E-state index < -0.39 is 5.97 Å². The number of carboxylic acids is 1. The van der Waals surface area contributed by atoms with Crippen LogP contribution in [0.4, 0.5) is 5.69 Å². The summed E-state index contributed by atoms with van der Waals surface area (Å²) in [5.41, 5.74) is 3.85. The third kappa shape index (κ3) is 2.28. The average molecular weight is 233 g/mol. The van der Waals surface area contributed by atoms with Crippen molar-refractivity contribution in [1.82, 2.24) is 0 Å². The number of carboxylic acid groups (broad SMARTS) is 1. The zero-order chi connectivity index (χ0) is 12.4. The van der Waals surface area contributed by atoms with Gasteiger partial charge in [-0.2, -0.15) is 0 Å². The van der Waals surface area contributed by atoms with Crippen LogP contribution >= 0.6 is 0 Å². The number of benzene rings is 1. The highest BCUT2D eigenvalue weighted by Gasteiger charge is 2.26. The number of likely N-dealkylation sites (N-methyl/N-ethyl adjacent to an activating group) is 1. The fourth-order valence-electron chi connectivity index (χ4n) is 2.73. The molecule has 1 aliphatic rings. The van der Waals surface area contributed by atoms with Crippen LogP contribution in [0, 0.1) is 0 Å². The molecule has 1 unspecified atom stereocenters. The van der Waals surface area contributed by atoms with Gasteiger partial charge in [0.15, 0.2) is 0 Å². The largest absolute Gasteiger partial charge is 0.481 e. The SMILES string of the molecule is CCN1c2cccc(CCC(=O)O)c2CC1C. The molecule has 1 aliphatic heterocycles. The molecule has 0 spiro atoms. The van der Waals surface area contributed by atoms with Crippen molar-refractivity contribution < 1.29 is 9.90 Å². The molecule has 1 heterocycles. The predicted octanol–water partition coefficient (Wildman–Crippen LogP) is 2.47. The van der Waals surface area contributed by atoms with Crippen LogP contribution in [0.5, 0.6) is 0 Å². The van der Waals surface area contributed by atoms with E-state index in [9.17, 15) is 4.79 Å². The van der Waals surface area contributed by atoms with E-state index in [4.69, 9.17) is 5.11 Å². The van der Waals surface area contributed by atoms with Crippen molar-refractivity contribution in [2.24, 2.45) is 0 Å². The van der Waals surface area contributed by atoms with Gasteiger partial charge in [0.2, 0.25) is 0 Å². The van der Waals surface area contributed by atoms with E-state index in [1.54, 1.807) is 0 Å². The number of anilines is 1. The maximum Gasteiger partial charge on any atom is 0.303 e. The molecular formula is C14H19NO2. The van der Waals surface area contributed by atoms with Crippen LogP contribution in [0.3, 0.4) is 0 Å². The van der Waals surface area contributed by atoms with Crippen LogP contribution in [0.15, 0.2) is 18.2 Å². The first-order chi connectivity index (χ1) is 8.13. The lowest BCUT2D eigenvalue weighted by molar-refractivity contribution is -0.136. The van der Waals surface area contributed by atoms with E-state index >= 15 is 0 Å². The Kier molecular flexibility index (Phi) is 3.36. The van der Waals surface area contributed by atoms with Gasteiger partial charge in [-0.3, -0.25) is 4.79 Å². The minimum absolute atomic E-state index is 0.219. The Morgan fingerprint density at radius 2 is 2.29 bits per heavy atom. The van der Waals surface area contributed by atoms with Crippen molar-refractivity contribution in [2.45, 2.75) is 39.2 Å². The molecule has 0 amide bonds. The quantitative estimate of drug-likeness (QED) is 0.868. The first kappa shape index (κ1) is 12.0. The third-order valence-corrected chi connectivity index (χ3v) is 3.54. The van der Waals surface area contributed by atoms with Crippen LogP contribution in [-0.2, 0) is 17.6 Å². The molecule has 0 aliphatic carbocycles. The highest BCUT2D eigenvalue weighted by molar-refractivity contribution is 5.68. The molecule has 1 aromatic carbocycles. The maximum atomic E-state index is 10.6. The van der Waals surface area contributed by atoms with E-state index in [1.807, 2.05) is 6.07 Å². The molecular weight excluding hydrogens is 214 g/mol. The molecule has 17 heavy (non-hydrogen) atoms. The first-order valence-electron chi connectivity index (χ1n) is 6.22. The topological polar surface area (TPSA) is 40.5 Å². The Bertz CT molecular complexity index is 428. The van der Waals surface area contributed by atoms with Crippen LogP contribution in [0.25, 0.3) is 0 Å². The van der Waals surface area contributed by atoms with E-state index in [-0.39, 0.29) is 6.42 Å². The number of carbonyl (C=O) groups is 1. The molecule has 1 N–H and O–H groups in total. The van der Waals surface area contributed by atoms with Gasteiger partial charge in [-0.25, -0.2) is 0 Å². The van der Waals surface area contributed by atoms with Crippen LogP contribution < -0.4 is 4.90 Å². The molecule has 0 bridgehead atoms. The molecule has 1 aromatic rings. The standard InChI is InChI=1S/C14H19NO2/c1-3-15-10(2)9-12-11(7-8-14(16)17)5-4-6-13(12)15/h4-6,10H,3,7-9H2,1-2H3,(H,16,17). The second-order valence-electron chi connectivity index (χ2n) is 4.65. The van der Waals surface area contributed by atoms with E-state index in [0.29, 0.717) is 12.5 Å². The maximum absolute atomic E-state index is 10.6. The molecule has 3 nitrogen and oxygen atoms in total. The van der Waals surface area contributed by atoms with Gasteiger partial charge in [-0.15, -0.1) is 0 Å². The lowest BCUT2D eigenvalue weighted by atomic mass is 9.99. The third-order valence-electron chi connectivity index (χ3n) is 3.54. The molecule has 92 valence electrons.